The molecule has 2 aromatic carbocycles. The molecule has 5 heteroatoms. The molecule has 0 saturated carbocycles. The number of anilines is 3. The molecule has 0 spiro atoms. The van der Waals surface area contributed by atoms with Gasteiger partial charge in [0, 0.05) is 29.1 Å². The maximum atomic E-state index is 12.7. The predicted octanol–water partition coefficient (Wildman–Crippen LogP) is 5.38. The number of nitrogens with zero attached hydrogens (tertiary/aromatic N) is 2. The first-order valence-corrected chi connectivity index (χ1v) is 9.37. The normalized spacial score (nSPS) is 13.2. The van der Waals surface area contributed by atoms with Gasteiger partial charge in [-0.3, -0.25) is 9.78 Å². The van der Waals surface area contributed by atoms with E-state index in [0.717, 1.165) is 36.3 Å². The number of halogens is 1. The zero-order chi connectivity index (χ0) is 18.8. The number of benzene rings is 2. The van der Waals surface area contributed by atoms with Crippen molar-refractivity contribution in [2.45, 2.75) is 19.8 Å². The maximum Gasteiger partial charge on any atom is 0.257 e. The molecule has 0 radical (unpaired) electrons. The van der Waals surface area contributed by atoms with Gasteiger partial charge in [0.15, 0.2) is 0 Å². The highest BCUT2D eigenvalue weighted by molar-refractivity contribution is 6.30. The highest BCUT2D eigenvalue weighted by Gasteiger charge is 2.19. The Morgan fingerprint density at radius 2 is 2.00 bits per heavy atom. The highest BCUT2D eigenvalue weighted by atomic mass is 35.5. The zero-order valence-corrected chi connectivity index (χ0v) is 15.8. The Balaban J connectivity index is 1.61. The summed E-state index contributed by atoms with van der Waals surface area (Å²) in [6.07, 6.45) is 5.57. The number of para-hydroxylation sites is 1. The van der Waals surface area contributed by atoms with Gasteiger partial charge in [-0.25, -0.2) is 0 Å². The Labute approximate surface area is 163 Å². The summed E-state index contributed by atoms with van der Waals surface area (Å²) < 4.78 is 0. The van der Waals surface area contributed by atoms with Crippen molar-refractivity contribution in [3.8, 4) is 0 Å². The first-order chi connectivity index (χ1) is 13.1. The van der Waals surface area contributed by atoms with Crippen molar-refractivity contribution < 1.29 is 4.79 Å². The third-order valence-corrected chi connectivity index (χ3v) is 5.08. The van der Waals surface area contributed by atoms with E-state index < -0.39 is 0 Å². The quantitative estimate of drug-likeness (QED) is 0.666. The molecule has 1 aliphatic rings. The molecule has 0 unspecified atom stereocenters. The molecule has 1 aliphatic heterocycles. The number of nitrogens with one attached hydrogen (secondary N) is 1. The minimum Gasteiger partial charge on any atom is -0.340 e. The summed E-state index contributed by atoms with van der Waals surface area (Å²) >= 11 is 5.99. The van der Waals surface area contributed by atoms with E-state index in [4.69, 9.17) is 11.6 Å². The van der Waals surface area contributed by atoms with Gasteiger partial charge in [-0.1, -0.05) is 29.8 Å². The first-order valence-electron chi connectivity index (χ1n) is 9.00. The van der Waals surface area contributed by atoms with Gasteiger partial charge >= 0.3 is 0 Å². The SMILES string of the molecule is Cc1cc(Cl)ccc1NC(=O)c1cncc(N2CCCc3ccccc32)c1. The van der Waals surface area contributed by atoms with Crippen molar-refractivity contribution in [3.05, 3.63) is 82.6 Å². The third-order valence-electron chi connectivity index (χ3n) is 4.84. The van der Waals surface area contributed by atoms with Crippen LogP contribution in [0.15, 0.2) is 60.9 Å². The molecule has 4 nitrogen and oxygen atoms in total. The molecule has 0 saturated heterocycles. The lowest BCUT2D eigenvalue weighted by molar-refractivity contribution is 0.102. The van der Waals surface area contributed by atoms with Crippen LogP contribution in [0.5, 0.6) is 0 Å². The zero-order valence-electron chi connectivity index (χ0n) is 15.1. The Bertz CT molecular complexity index is 1000. The van der Waals surface area contributed by atoms with Crippen molar-refractivity contribution >= 4 is 34.6 Å². The summed E-state index contributed by atoms with van der Waals surface area (Å²) in [5.41, 5.74) is 5.66. The fourth-order valence-electron chi connectivity index (χ4n) is 3.46. The number of carbonyl (C=O) groups is 1. The Morgan fingerprint density at radius 3 is 2.85 bits per heavy atom. The minimum absolute atomic E-state index is 0.180. The van der Waals surface area contributed by atoms with E-state index in [2.05, 4.69) is 33.4 Å². The Morgan fingerprint density at radius 1 is 1.15 bits per heavy atom. The van der Waals surface area contributed by atoms with Crippen LogP contribution in [-0.4, -0.2) is 17.4 Å². The van der Waals surface area contributed by atoms with Crippen LogP contribution in [0, 0.1) is 6.92 Å². The summed E-state index contributed by atoms with van der Waals surface area (Å²) in [7, 11) is 0. The van der Waals surface area contributed by atoms with E-state index in [1.807, 2.05) is 37.4 Å². The van der Waals surface area contributed by atoms with Crippen LogP contribution in [0.2, 0.25) is 5.02 Å². The van der Waals surface area contributed by atoms with Crippen molar-refractivity contribution in [3.63, 3.8) is 0 Å². The van der Waals surface area contributed by atoms with E-state index in [1.165, 1.54) is 11.3 Å². The molecule has 3 aromatic rings. The van der Waals surface area contributed by atoms with Crippen molar-refractivity contribution in [2.75, 3.05) is 16.8 Å². The fraction of sp³-hybridized carbons (Fsp3) is 0.182. The number of carbonyl (C=O) groups excluding carboxylic acids is 1. The largest absolute Gasteiger partial charge is 0.340 e. The molecule has 0 atom stereocenters. The predicted molar refractivity (Wildman–Crippen MR) is 110 cm³/mol. The van der Waals surface area contributed by atoms with Crippen LogP contribution in [0.25, 0.3) is 0 Å². The van der Waals surface area contributed by atoms with Crippen molar-refractivity contribution in [1.29, 1.82) is 0 Å². The summed E-state index contributed by atoms with van der Waals surface area (Å²) in [4.78, 5) is 19.3. The molecule has 1 aromatic heterocycles. The smallest absolute Gasteiger partial charge is 0.257 e. The summed E-state index contributed by atoms with van der Waals surface area (Å²) in [6, 6.07) is 15.7. The second-order valence-electron chi connectivity index (χ2n) is 6.73. The van der Waals surface area contributed by atoms with Crippen LogP contribution in [0.4, 0.5) is 17.1 Å². The molecule has 1 amide bonds. The molecule has 0 bridgehead atoms. The lowest BCUT2D eigenvalue weighted by Crippen LogP contribution is -2.25. The number of hydrogen-bond donors (Lipinski definition) is 1. The number of aromatic nitrogens is 1. The Hall–Kier alpha value is -2.85. The summed E-state index contributed by atoms with van der Waals surface area (Å²) in [6.45, 7) is 2.83. The molecule has 0 fully saturated rings. The maximum absolute atomic E-state index is 12.7. The van der Waals surface area contributed by atoms with E-state index in [9.17, 15) is 4.79 Å². The van der Waals surface area contributed by atoms with Gasteiger partial charge < -0.3 is 10.2 Å². The van der Waals surface area contributed by atoms with Crippen LogP contribution in [0.1, 0.15) is 27.9 Å². The molecular weight excluding hydrogens is 358 g/mol. The molecule has 2 heterocycles. The molecule has 27 heavy (non-hydrogen) atoms. The molecule has 0 aliphatic carbocycles. The number of fused-ring (bicyclic) bond motifs is 1. The molecule has 4 rings (SSSR count). The highest BCUT2D eigenvalue weighted by Crippen LogP contribution is 2.33. The van der Waals surface area contributed by atoms with Gasteiger partial charge in [-0.05, 0) is 61.2 Å². The van der Waals surface area contributed by atoms with Crippen molar-refractivity contribution in [2.24, 2.45) is 0 Å². The van der Waals surface area contributed by atoms with Gasteiger partial charge in [-0.15, -0.1) is 0 Å². The van der Waals surface area contributed by atoms with E-state index in [-0.39, 0.29) is 5.91 Å². The van der Waals surface area contributed by atoms with Crippen LogP contribution in [0.3, 0.4) is 0 Å². The fourth-order valence-corrected chi connectivity index (χ4v) is 3.69. The minimum atomic E-state index is -0.180. The number of rotatable bonds is 3. The lowest BCUT2D eigenvalue weighted by atomic mass is 10.0. The van der Waals surface area contributed by atoms with Crippen LogP contribution >= 0.6 is 11.6 Å². The molecule has 136 valence electrons. The van der Waals surface area contributed by atoms with E-state index >= 15 is 0 Å². The Kier molecular flexibility index (Phi) is 4.82. The third kappa shape index (κ3) is 3.67. The average Bonchev–Trinajstić information content (AvgIpc) is 2.69. The summed E-state index contributed by atoms with van der Waals surface area (Å²) in [5.74, 6) is -0.180. The second kappa shape index (κ2) is 7.41. The van der Waals surface area contributed by atoms with Crippen LogP contribution in [-0.2, 0) is 6.42 Å². The summed E-state index contributed by atoms with van der Waals surface area (Å²) in [5, 5.41) is 3.60. The van der Waals surface area contributed by atoms with E-state index in [0.29, 0.717) is 10.6 Å². The topological polar surface area (TPSA) is 45.2 Å². The van der Waals surface area contributed by atoms with Crippen LogP contribution < -0.4 is 10.2 Å². The van der Waals surface area contributed by atoms with Gasteiger partial charge in [-0.2, -0.15) is 0 Å². The number of pyridine rings is 1. The molecular formula is C22H20ClN3O. The first kappa shape index (κ1) is 17.6. The van der Waals surface area contributed by atoms with Gasteiger partial charge in [0.2, 0.25) is 0 Å². The number of aryl methyl sites for hydroxylation is 2. The van der Waals surface area contributed by atoms with Gasteiger partial charge in [0.1, 0.15) is 0 Å². The average molecular weight is 378 g/mol. The molecule has 1 N–H and O–H groups in total. The van der Waals surface area contributed by atoms with E-state index in [1.54, 1.807) is 12.3 Å². The van der Waals surface area contributed by atoms with Crippen molar-refractivity contribution in [1.82, 2.24) is 4.98 Å². The number of hydrogen-bond acceptors (Lipinski definition) is 3. The number of amides is 1. The standard InChI is InChI=1S/C22H20ClN3O/c1-15-11-18(23)8-9-20(15)25-22(27)17-12-19(14-24-13-17)26-10-4-6-16-5-2-3-7-21(16)26/h2-3,5,7-9,11-14H,4,6,10H2,1H3,(H,25,27). The van der Waals surface area contributed by atoms with Gasteiger partial charge in [0.05, 0.1) is 17.4 Å². The monoisotopic (exact) mass is 377 g/mol. The lowest BCUT2D eigenvalue weighted by Gasteiger charge is -2.31. The second-order valence-corrected chi connectivity index (χ2v) is 7.17. The van der Waals surface area contributed by atoms with Gasteiger partial charge in [0.25, 0.3) is 5.91 Å².